The highest BCUT2D eigenvalue weighted by molar-refractivity contribution is 5.85. The van der Waals surface area contributed by atoms with Crippen LogP contribution in [0.5, 0.6) is 0 Å². The molecule has 1 saturated carbocycles. The van der Waals surface area contributed by atoms with Gasteiger partial charge in [-0.3, -0.25) is 14.2 Å². The number of rotatable bonds is 7. The van der Waals surface area contributed by atoms with Crippen LogP contribution >= 0.6 is 0 Å². The molecular formula is C38H44F2N8O4. The molecule has 0 radical (unpaired) electrons. The summed E-state index contributed by atoms with van der Waals surface area (Å²) in [6.45, 7) is 7.48. The number of carboxylic acid groups (broad SMARTS) is 1. The number of halogens is 2. The van der Waals surface area contributed by atoms with E-state index in [4.69, 9.17) is 14.9 Å². The minimum Gasteiger partial charge on any atom is -0.476 e. The van der Waals surface area contributed by atoms with Crippen LogP contribution in [0.15, 0.2) is 36.7 Å². The second-order valence-electron chi connectivity index (χ2n) is 13.1. The van der Waals surface area contributed by atoms with Crippen molar-refractivity contribution in [2.75, 3.05) is 24.6 Å². The Morgan fingerprint density at radius 2 is 1.87 bits per heavy atom. The highest BCUT2D eigenvalue weighted by Gasteiger charge is 2.35. The summed E-state index contributed by atoms with van der Waals surface area (Å²) in [4.78, 5) is 27.4. The molecule has 5 heterocycles. The fourth-order valence-corrected chi connectivity index (χ4v) is 7.33. The van der Waals surface area contributed by atoms with Crippen LogP contribution < -0.4 is 4.90 Å². The zero-order chi connectivity index (χ0) is 36.9. The number of aromatic carboxylic acids is 1. The Hall–Kier alpha value is -5.16. The van der Waals surface area contributed by atoms with Gasteiger partial charge in [0.1, 0.15) is 12.3 Å². The maximum atomic E-state index is 14.6. The van der Waals surface area contributed by atoms with Gasteiger partial charge in [0.05, 0.1) is 24.9 Å². The summed E-state index contributed by atoms with van der Waals surface area (Å²) in [5.74, 6) is 5.40. The normalized spacial score (nSPS) is 18.1. The van der Waals surface area contributed by atoms with Gasteiger partial charge in [0.2, 0.25) is 5.91 Å². The van der Waals surface area contributed by atoms with Gasteiger partial charge < -0.3 is 19.6 Å². The number of benzene rings is 1. The van der Waals surface area contributed by atoms with Crippen molar-refractivity contribution < 1.29 is 28.2 Å². The molecule has 0 saturated heterocycles. The molecule has 0 unspecified atom stereocenters. The summed E-state index contributed by atoms with van der Waals surface area (Å²) in [5, 5.41) is 25.9. The molecule has 0 atom stereocenters. The fraction of sp³-hybridized carbons (Fsp3) is 0.474. The number of carbonyl (C=O) groups is 2. The number of carboxylic acids is 1. The predicted molar refractivity (Wildman–Crippen MR) is 190 cm³/mol. The van der Waals surface area contributed by atoms with Crippen molar-refractivity contribution in [3.8, 4) is 23.0 Å². The minimum absolute atomic E-state index is 0.000399. The van der Waals surface area contributed by atoms with Crippen LogP contribution in [0, 0.1) is 11.8 Å². The third kappa shape index (κ3) is 7.69. The Morgan fingerprint density at radius 3 is 2.52 bits per heavy atom. The average molecular weight is 715 g/mol. The smallest absolute Gasteiger partial charge is 0.356 e. The van der Waals surface area contributed by atoms with Crippen molar-refractivity contribution in [3.05, 3.63) is 70.4 Å². The Bertz CT molecular complexity index is 1970. The summed E-state index contributed by atoms with van der Waals surface area (Å²) in [7, 11) is 1.77. The Morgan fingerprint density at radius 1 is 1.08 bits per heavy atom. The van der Waals surface area contributed by atoms with Gasteiger partial charge in [-0.1, -0.05) is 19.8 Å². The lowest BCUT2D eigenvalue weighted by molar-refractivity contribution is -0.129. The van der Waals surface area contributed by atoms with Gasteiger partial charge in [-0.05, 0) is 79.8 Å². The molecular weight excluding hydrogens is 670 g/mol. The lowest BCUT2D eigenvalue weighted by atomic mass is 9.92. The first-order chi connectivity index (χ1) is 25.2. The lowest BCUT2D eigenvalue weighted by Crippen LogP contribution is -2.36. The number of carbonyl (C=O) groups excluding carboxylic acids is 1. The predicted octanol–water partition coefficient (Wildman–Crippen LogP) is 6.28. The number of ether oxygens (including phenoxy) is 1. The third-order valence-corrected chi connectivity index (χ3v) is 9.87. The Labute approximate surface area is 301 Å². The molecule has 3 aliphatic rings. The first-order valence-corrected chi connectivity index (χ1v) is 17.9. The van der Waals surface area contributed by atoms with Crippen molar-refractivity contribution in [1.29, 1.82) is 0 Å². The molecule has 1 aliphatic carbocycles. The van der Waals surface area contributed by atoms with Crippen molar-refractivity contribution in [1.82, 2.24) is 34.7 Å². The number of nitrogens with zero attached hydrogens (tertiary/aromatic N) is 8. The maximum absolute atomic E-state index is 14.6. The first-order valence-electron chi connectivity index (χ1n) is 17.9. The summed E-state index contributed by atoms with van der Waals surface area (Å²) in [6.07, 6.45) is 6.39. The highest BCUT2D eigenvalue weighted by Crippen LogP contribution is 2.44. The van der Waals surface area contributed by atoms with Crippen molar-refractivity contribution >= 4 is 23.4 Å². The molecule has 4 aromatic rings. The van der Waals surface area contributed by atoms with Gasteiger partial charge in [-0.2, -0.15) is 10.2 Å². The molecule has 1 fully saturated rings. The van der Waals surface area contributed by atoms with E-state index in [0.717, 1.165) is 66.9 Å². The van der Waals surface area contributed by atoms with Crippen molar-refractivity contribution in [2.24, 2.45) is 7.05 Å². The van der Waals surface area contributed by atoms with Crippen LogP contribution in [-0.4, -0.2) is 77.4 Å². The molecule has 14 heteroatoms. The SMILES string of the molecule is CC.CC(=O)N1CCc2c(c(N3CCCc4cc(-c5cnn(C)c5)c(C(F)F)cc43)nn2C2CCC(OCC#Cc3ccc(C(=O)O)nn3)CC2)C1. The molecule has 0 spiro atoms. The average Bonchev–Trinajstić information content (AvgIpc) is 3.77. The Kier molecular flexibility index (Phi) is 11.3. The first kappa shape index (κ1) is 36.6. The molecule has 274 valence electrons. The molecule has 0 bridgehead atoms. The highest BCUT2D eigenvalue weighted by atomic mass is 19.3. The number of alkyl halides is 2. The van der Waals surface area contributed by atoms with E-state index in [1.165, 1.54) is 12.1 Å². The second kappa shape index (κ2) is 16.0. The van der Waals surface area contributed by atoms with E-state index < -0.39 is 12.4 Å². The molecule has 52 heavy (non-hydrogen) atoms. The van der Waals surface area contributed by atoms with Crippen molar-refractivity contribution in [3.63, 3.8) is 0 Å². The van der Waals surface area contributed by atoms with E-state index in [9.17, 15) is 18.4 Å². The van der Waals surface area contributed by atoms with E-state index in [0.29, 0.717) is 42.9 Å². The quantitative estimate of drug-likeness (QED) is 0.220. The standard InChI is InChI=1S/C36H38F2N8O4.C2H6/c1-22(47)44-15-13-32-30(21-44)35(45-14-3-5-23-17-28(24-19-39-43(2)20-24)29(34(37)38)18-33(23)45)42-46(32)26-8-10-27(11-9-26)50-16-4-6-25-7-12-31(36(48)49)41-40-25;1-2/h7,12,17-20,26-27,34H,3,5,8-11,13-16,21H2,1-2H3,(H,48,49);1-2H3. The Balaban J connectivity index is 0.00000228. The van der Waals surface area contributed by atoms with Crippen LogP contribution in [0.2, 0.25) is 0 Å². The molecule has 12 nitrogen and oxygen atoms in total. The molecule has 1 amide bonds. The number of fused-ring (bicyclic) bond motifs is 2. The number of aromatic nitrogens is 6. The number of amides is 1. The van der Waals surface area contributed by atoms with E-state index in [2.05, 4.69) is 36.7 Å². The number of anilines is 2. The molecule has 1 aromatic carbocycles. The monoisotopic (exact) mass is 714 g/mol. The third-order valence-electron chi connectivity index (χ3n) is 9.87. The van der Waals surface area contributed by atoms with Gasteiger partial charge >= 0.3 is 5.97 Å². The van der Waals surface area contributed by atoms with Crippen LogP contribution in [0.3, 0.4) is 0 Å². The summed E-state index contributed by atoms with van der Waals surface area (Å²) in [6, 6.07) is 6.54. The number of hydrogen-bond donors (Lipinski definition) is 1. The van der Waals surface area contributed by atoms with Gasteiger partial charge in [0, 0.05) is 67.8 Å². The van der Waals surface area contributed by atoms with Crippen molar-refractivity contribution in [2.45, 2.75) is 90.8 Å². The number of hydrogen-bond acceptors (Lipinski definition) is 8. The maximum Gasteiger partial charge on any atom is 0.356 e. The van der Waals surface area contributed by atoms with E-state index in [-0.39, 0.29) is 35.9 Å². The number of aryl methyl sites for hydroxylation is 2. The zero-order valence-corrected chi connectivity index (χ0v) is 30.0. The van der Waals surface area contributed by atoms with E-state index in [1.54, 1.807) is 37.1 Å². The van der Waals surface area contributed by atoms with E-state index >= 15 is 0 Å². The van der Waals surface area contributed by atoms with Gasteiger partial charge in [0.25, 0.3) is 6.43 Å². The van der Waals surface area contributed by atoms with Crippen LogP contribution in [0.4, 0.5) is 20.3 Å². The molecule has 1 N–H and O–H groups in total. The van der Waals surface area contributed by atoms with Crippen LogP contribution in [0.1, 0.15) is 104 Å². The minimum atomic E-state index is -2.67. The van der Waals surface area contributed by atoms with Crippen LogP contribution in [0.25, 0.3) is 11.1 Å². The van der Waals surface area contributed by atoms with Gasteiger partial charge in [-0.25, -0.2) is 13.6 Å². The van der Waals surface area contributed by atoms with Gasteiger partial charge in [0.15, 0.2) is 11.5 Å². The largest absolute Gasteiger partial charge is 0.476 e. The molecule has 2 aliphatic heterocycles. The fourth-order valence-electron chi connectivity index (χ4n) is 7.33. The summed E-state index contributed by atoms with van der Waals surface area (Å²) >= 11 is 0. The van der Waals surface area contributed by atoms with Crippen LogP contribution in [-0.2, 0) is 36.0 Å². The topological polar surface area (TPSA) is 132 Å². The zero-order valence-electron chi connectivity index (χ0n) is 30.0. The van der Waals surface area contributed by atoms with Gasteiger partial charge in [-0.15, -0.1) is 10.2 Å². The summed E-state index contributed by atoms with van der Waals surface area (Å²) in [5.41, 5.74) is 5.20. The van der Waals surface area contributed by atoms with E-state index in [1.807, 2.05) is 24.8 Å². The summed E-state index contributed by atoms with van der Waals surface area (Å²) < 4.78 is 39.0. The molecule has 3 aromatic heterocycles. The second-order valence-corrected chi connectivity index (χ2v) is 13.1. The lowest BCUT2D eigenvalue weighted by Gasteiger charge is -2.33. The molecule has 7 rings (SSSR count).